The molecular formula is C28H28ClN3O. The van der Waals surface area contributed by atoms with Crippen LogP contribution in [0.15, 0.2) is 78.9 Å². The fraction of sp³-hybridized carbons (Fsp3) is 0.286. The van der Waals surface area contributed by atoms with Crippen LogP contribution in [-0.4, -0.2) is 28.7 Å². The van der Waals surface area contributed by atoms with Gasteiger partial charge < -0.3 is 10.2 Å². The Morgan fingerprint density at radius 2 is 1.76 bits per heavy atom. The molecule has 168 valence electrons. The summed E-state index contributed by atoms with van der Waals surface area (Å²) in [5, 5.41) is 3.07. The van der Waals surface area contributed by atoms with Crippen LogP contribution in [0.1, 0.15) is 41.1 Å². The van der Waals surface area contributed by atoms with Gasteiger partial charge in [-0.25, -0.2) is 0 Å². The number of halogens is 1. The summed E-state index contributed by atoms with van der Waals surface area (Å²) in [6.45, 7) is 5.08. The van der Waals surface area contributed by atoms with Crippen LogP contribution in [0.5, 0.6) is 5.75 Å². The zero-order valence-corrected chi connectivity index (χ0v) is 19.6. The number of aryl methyl sites for hydroxylation is 1. The first kappa shape index (κ1) is 20.8. The number of ether oxygens (including phenoxy) is 1. The summed E-state index contributed by atoms with van der Waals surface area (Å²) in [5.74, 6) is 0.945. The molecule has 1 fully saturated rings. The highest BCUT2D eigenvalue weighted by Crippen LogP contribution is 2.49. The van der Waals surface area contributed by atoms with Gasteiger partial charge in [0.25, 0.3) is 0 Å². The molecule has 3 heterocycles. The molecule has 5 heteroatoms. The van der Waals surface area contributed by atoms with Crippen molar-refractivity contribution in [3.05, 3.63) is 106 Å². The van der Waals surface area contributed by atoms with Crippen molar-refractivity contribution in [1.29, 1.82) is 0 Å². The average molecular weight is 458 g/mol. The molecule has 1 N–H and O–H groups in total. The predicted molar refractivity (Wildman–Crippen MR) is 133 cm³/mol. The first-order chi connectivity index (χ1) is 16.1. The van der Waals surface area contributed by atoms with Gasteiger partial charge in [0.1, 0.15) is 5.75 Å². The Hall–Kier alpha value is -2.79. The highest BCUT2D eigenvalue weighted by Gasteiger charge is 2.51. The van der Waals surface area contributed by atoms with Gasteiger partial charge in [-0.05, 0) is 42.3 Å². The van der Waals surface area contributed by atoms with Gasteiger partial charge in [-0.1, -0.05) is 71.8 Å². The second-order valence-corrected chi connectivity index (χ2v) is 9.80. The van der Waals surface area contributed by atoms with Crippen molar-refractivity contribution in [2.24, 2.45) is 0 Å². The van der Waals surface area contributed by atoms with Gasteiger partial charge in [-0.2, -0.15) is 5.01 Å². The van der Waals surface area contributed by atoms with Crippen molar-refractivity contribution in [3.8, 4) is 5.75 Å². The zero-order valence-electron chi connectivity index (χ0n) is 18.8. The van der Waals surface area contributed by atoms with Gasteiger partial charge in [0.2, 0.25) is 0 Å². The van der Waals surface area contributed by atoms with Crippen molar-refractivity contribution in [2.45, 2.75) is 38.1 Å². The normalized spacial score (nSPS) is 21.6. The summed E-state index contributed by atoms with van der Waals surface area (Å²) in [6.07, 6.45) is 4.18. The third-order valence-electron chi connectivity index (χ3n) is 7.12. The Kier molecular flexibility index (Phi) is 5.17. The third-order valence-corrected chi connectivity index (χ3v) is 7.36. The SMILES string of the molecule is Cc1ccc(C2=CC3c4cc(Cl)ccc4OC4(CCN(Cc5ccccc5)CC4)N3N2)cc1. The van der Waals surface area contributed by atoms with Gasteiger partial charge in [0.05, 0.1) is 11.7 Å². The molecular weight excluding hydrogens is 430 g/mol. The first-order valence-corrected chi connectivity index (χ1v) is 12.1. The lowest BCUT2D eigenvalue weighted by atomic mass is 9.92. The van der Waals surface area contributed by atoms with E-state index in [1.165, 1.54) is 16.7 Å². The number of nitrogens with one attached hydrogen (secondary N) is 1. The van der Waals surface area contributed by atoms with Crippen LogP contribution >= 0.6 is 11.6 Å². The average Bonchev–Trinajstić information content (AvgIpc) is 3.29. The van der Waals surface area contributed by atoms with E-state index in [1.54, 1.807) is 0 Å². The Morgan fingerprint density at radius 1 is 1.00 bits per heavy atom. The molecule has 1 atom stereocenters. The second kappa shape index (κ2) is 8.21. The zero-order chi connectivity index (χ0) is 22.4. The van der Waals surface area contributed by atoms with E-state index in [4.69, 9.17) is 16.3 Å². The minimum atomic E-state index is -0.387. The number of benzene rings is 3. The number of hydrogen-bond acceptors (Lipinski definition) is 4. The Balaban J connectivity index is 1.29. The molecule has 3 aliphatic rings. The van der Waals surface area contributed by atoms with E-state index in [2.05, 4.69) is 82.9 Å². The molecule has 3 aliphatic heterocycles. The van der Waals surface area contributed by atoms with Gasteiger partial charge >= 0.3 is 0 Å². The van der Waals surface area contributed by atoms with Crippen molar-refractivity contribution in [3.63, 3.8) is 0 Å². The lowest BCUT2D eigenvalue weighted by Crippen LogP contribution is -2.63. The summed E-state index contributed by atoms with van der Waals surface area (Å²) >= 11 is 6.39. The summed E-state index contributed by atoms with van der Waals surface area (Å²) in [6, 6.07) is 25.5. The van der Waals surface area contributed by atoms with Crippen molar-refractivity contribution < 1.29 is 4.74 Å². The van der Waals surface area contributed by atoms with Crippen LogP contribution in [-0.2, 0) is 6.54 Å². The van der Waals surface area contributed by atoms with E-state index in [1.807, 2.05) is 18.2 Å². The number of hydrogen-bond donors (Lipinski definition) is 1. The van der Waals surface area contributed by atoms with Crippen LogP contribution in [0.3, 0.4) is 0 Å². The lowest BCUT2D eigenvalue weighted by Gasteiger charge is -2.51. The number of fused-ring (bicyclic) bond motifs is 4. The number of nitrogens with zero attached hydrogens (tertiary/aromatic N) is 2. The molecule has 0 saturated carbocycles. The molecule has 0 aromatic heterocycles. The van der Waals surface area contributed by atoms with E-state index in [-0.39, 0.29) is 11.8 Å². The molecule has 1 unspecified atom stereocenters. The molecule has 3 aromatic carbocycles. The standard InChI is InChI=1S/C28H28ClN3O/c1-20-7-9-22(10-8-20)25-18-26-24-17-23(29)11-12-27(24)33-28(32(26)30-25)13-15-31(16-14-28)19-21-5-3-2-4-6-21/h2-12,17-18,26,30H,13-16,19H2,1H3. The van der Waals surface area contributed by atoms with Crippen LogP contribution in [0.4, 0.5) is 0 Å². The van der Waals surface area contributed by atoms with Crippen LogP contribution in [0.2, 0.25) is 5.02 Å². The molecule has 0 aliphatic carbocycles. The predicted octanol–water partition coefficient (Wildman–Crippen LogP) is 5.94. The summed E-state index contributed by atoms with van der Waals surface area (Å²) in [4.78, 5) is 2.53. The van der Waals surface area contributed by atoms with Crippen LogP contribution in [0, 0.1) is 6.92 Å². The molecule has 0 radical (unpaired) electrons. The maximum Gasteiger partial charge on any atom is 0.182 e. The van der Waals surface area contributed by atoms with E-state index in [0.717, 1.165) is 54.5 Å². The minimum absolute atomic E-state index is 0.0874. The Morgan fingerprint density at radius 3 is 2.52 bits per heavy atom. The maximum atomic E-state index is 6.78. The smallest absolute Gasteiger partial charge is 0.182 e. The van der Waals surface area contributed by atoms with Gasteiger partial charge in [0.15, 0.2) is 5.72 Å². The van der Waals surface area contributed by atoms with E-state index in [0.29, 0.717) is 0 Å². The van der Waals surface area contributed by atoms with E-state index >= 15 is 0 Å². The molecule has 6 rings (SSSR count). The molecule has 1 saturated heterocycles. The molecule has 3 aromatic rings. The Bertz CT molecular complexity index is 1180. The minimum Gasteiger partial charge on any atom is -0.470 e. The molecule has 4 nitrogen and oxygen atoms in total. The van der Waals surface area contributed by atoms with Gasteiger partial charge in [-0.15, -0.1) is 0 Å². The fourth-order valence-corrected chi connectivity index (χ4v) is 5.47. The number of hydrazine groups is 1. The van der Waals surface area contributed by atoms with E-state index in [9.17, 15) is 0 Å². The van der Waals surface area contributed by atoms with Crippen LogP contribution in [0.25, 0.3) is 5.70 Å². The van der Waals surface area contributed by atoms with Crippen molar-refractivity contribution >= 4 is 17.3 Å². The third kappa shape index (κ3) is 3.82. The summed E-state index contributed by atoms with van der Waals surface area (Å²) in [7, 11) is 0. The van der Waals surface area contributed by atoms with Crippen molar-refractivity contribution in [2.75, 3.05) is 13.1 Å². The second-order valence-electron chi connectivity index (χ2n) is 9.37. The van der Waals surface area contributed by atoms with Crippen LogP contribution < -0.4 is 10.2 Å². The monoisotopic (exact) mass is 457 g/mol. The van der Waals surface area contributed by atoms with Gasteiger partial charge in [0, 0.05) is 43.1 Å². The maximum absolute atomic E-state index is 6.78. The van der Waals surface area contributed by atoms with Crippen molar-refractivity contribution in [1.82, 2.24) is 15.3 Å². The number of piperidine rings is 1. The topological polar surface area (TPSA) is 27.7 Å². The number of rotatable bonds is 3. The number of likely N-dealkylation sites (tertiary alicyclic amines) is 1. The van der Waals surface area contributed by atoms with Gasteiger partial charge in [-0.3, -0.25) is 4.90 Å². The summed E-state index contributed by atoms with van der Waals surface area (Å²) < 4.78 is 6.78. The van der Waals surface area contributed by atoms with E-state index < -0.39 is 0 Å². The first-order valence-electron chi connectivity index (χ1n) is 11.7. The molecule has 1 spiro atoms. The largest absolute Gasteiger partial charge is 0.470 e. The highest BCUT2D eigenvalue weighted by atomic mass is 35.5. The highest BCUT2D eigenvalue weighted by molar-refractivity contribution is 6.30. The Labute approximate surface area is 200 Å². The molecule has 0 amide bonds. The summed E-state index contributed by atoms with van der Waals surface area (Å²) in [5.41, 5.74) is 9.39. The molecule has 33 heavy (non-hydrogen) atoms. The quantitative estimate of drug-likeness (QED) is 0.527. The molecule has 0 bridgehead atoms. The lowest BCUT2D eigenvalue weighted by molar-refractivity contribution is -0.160. The fourth-order valence-electron chi connectivity index (χ4n) is 5.29.